The average Bonchev–Trinajstić information content (AvgIpc) is 3.26. The molecule has 0 heterocycles. The summed E-state index contributed by atoms with van der Waals surface area (Å²) in [6.45, 7) is 0.969. The monoisotopic (exact) mass is 431 g/mol. The molecule has 10 heteroatoms. The Kier molecular flexibility index (Phi) is 10.3. The van der Waals surface area contributed by atoms with Crippen molar-refractivity contribution < 1.29 is 19.4 Å². The fourth-order valence-electron chi connectivity index (χ4n) is 3.76. The van der Waals surface area contributed by atoms with Gasteiger partial charge in [-0.2, -0.15) is 0 Å². The molecule has 0 aliphatic heterocycles. The Morgan fingerprint density at radius 3 is 2.48 bits per heavy atom. The lowest BCUT2D eigenvalue weighted by Gasteiger charge is -2.26. The number of nitrogens with zero attached hydrogens (tertiary/aromatic N) is 1. The van der Waals surface area contributed by atoms with Crippen LogP contribution >= 0.6 is 0 Å². The number of aryl methyl sites for hydroxylation is 1. The zero-order valence-electron chi connectivity index (χ0n) is 18.0. The molecule has 2 rings (SSSR count). The summed E-state index contributed by atoms with van der Waals surface area (Å²) in [5, 5.41) is 12.8. The van der Waals surface area contributed by atoms with Gasteiger partial charge >= 0.3 is 7.12 Å². The van der Waals surface area contributed by atoms with E-state index in [0.717, 1.165) is 25.7 Å². The van der Waals surface area contributed by atoms with Crippen LogP contribution in [-0.2, 0) is 20.8 Å². The molecule has 0 spiro atoms. The second-order valence-electron chi connectivity index (χ2n) is 7.94. The van der Waals surface area contributed by atoms with Crippen LogP contribution in [0.2, 0.25) is 6.32 Å². The first-order valence-corrected chi connectivity index (χ1v) is 11.0. The van der Waals surface area contributed by atoms with E-state index in [4.69, 9.17) is 16.2 Å². The molecule has 2 amide bonds. The van der Waals surface area contributed by atoms with Gasteiger partial charge in [-0.25, -0.2) is 5.48 Å². The molecule has 1 aliphatic carbocycles. The fraction of sp³-hybridized carbons (Fsp3) is 0.571. The highest BCUT2D eigenvalue weighted by molar-refractivity contribution is 6.42. The summed E-state index contributed by atoms with van der Waals surface area (Å²) >= 11 is 0. The number of nitrogens with one attached hydrogen (secondary N) is 2. The van der Waals surface area contributed by atoms with Gasteiger partial charge in [0.15, 0.2) is 5.96 Å². The average molecular weight is 431 g/mol. The number of benzene rings is 1. The number of aliphatic imine (C=N–C) groups is 1. The molecule has 0 atom stereocenters. The molecule has 1 aliphatic rings. The molecule has 0 aromatic heterocycles. The lowest BCUT2D eigenvalue weighted by molar-refractivity contribution is -0.148. The van der Waals surface area contributed by atoms with Gasteiger partial charge in [-0.05, 0) is 44.0 Å². The Morgan fingerprint density at radius 2 is 1.81 bits per heavy atom. The molecule has 0 unspecified atom stereocenters. The molecule has 0 bridgehead atoms. The van der Waals surface area contributed by atoms with Gasteiger partial charge in [0.05, 0.1) is 0 Å². The third-order valence-corrected chi connectivity index (χ3v) is 5.54. The van der Waals surface area contributed by atoms with Gasteiger partial charge < -0.3 is 21.8 Å². The first-order valence-electron chi connectivity index (χ1n) is 11.0. The molecule has 1 aromatic carbocycles. The van der Waals surface area contributed by atoms with E-state index < -0.39 is 18.4 Å². The van der Waals surface area contributed by atoms with Crippen molar-refractivity contribution in [1.82, 2.24) is 10.8 Å². The van der Waals surface area contributed by atoms with Gasteiger partial charge in [-0.15, -0.1) is 0 Å². The van der Waals surface area contributed by atoms with E-state index in [1.165, 1.54) is 5.56 Å². The van der Waals surface area contributed by atoms with Crippen molar-refractivity contribution in [2.75, 3.05) is 13.1 Å². The number of hydroxylamine groups is 1. The molecule has 0 saturated heterocycles. The first-order chi connectivity index (χ1) is 14.9. The fourth-order valence-corrected chi connectivity index (χ4v) is 3.76. The van der Waals surface area contributed by atoms with Crippen molar-refractivity contribution in [2.24, 2.45) is 21.9 Å². The zero-order chi connectivity index (χ0) is 22.5. The largest absolute Gasteiger partial charge is 0.479 e. The number of guanidine groups is 1. The maximum Gasteiger partial charge on any atom is 0.479 e. The van der Waals surface area contributed by atoms with Crippen LogP contribution in [0.15, 0.2) is 35.3 Å². The molecule has 9 nitrogen and oxygen atoms in total. The van der Waals surface area contributed by atoms with Gasteiger partial charge in [0.2, 0.25) is 5.91 Å². The van der Waals surface area contributed by atoms with Crippen molar-refractivity contribution >= 4 is 24.9 Å². The van der Waals surface area contributed by atoms with Gasteiger partial charge in [0, 0.05) is 13.1 Å². The van der Waals surface area contributed by atoms with Crippen LogP contribution in [-0.4, -0.2) is 43.0 Å². The molecule has 1 aromatic rings. The van der Waals surface area contributed by atoms with E-state index >= 15 is 0 Å². The first kappa shape index (κ1) is 24.7. The summed E-state index contributed by atoms with van der Waals surface area (Å²) < 4.78 is 5.09. The number of carbonyl (C=O) groups is 2. The third-order valence-electron chi connectivity index (χ3n) is 5.54. The van der Waals surface area contributed by atoms with E-state index in [-0.39, 0.29) is 11.9 Å². The summed E-state index contributed by atoms with van der Waals surface area (Å²) in [6, 6.07) is 10.1. The molecule has 0 radical (unpaired) electrons. The van der Waals surface area contributed by atoms with Gasteiger partial charge in [0.1, 0.15) is 5.41 Å². The quantitative estimate of drug-likeness (QED) is 0.0781. The molecular formula is C21H34BN5O4. The maximum atomic E-state index is 12.8. The predicted octanol–water partition coefficient (Wildman–Crippen LogP) is 0.878. The van der Waals surface area contributed by atoms with Gasteiger partial charge in [-0.1, -0.05) is 49.6 Å². The minimum atomic E-state index is -1.16. The standard InChI is InChI=1S/C21H34BN5O4/c23-20(24)26-15-7-6-14-22(30)31-27-19(29)21(12-4-5-13-21)18(28)25-16-8-11-17-9-2-1-3-10-17/h1-3,9-10,30H,4-8,11-16H2,(H,25,28)(H,27,29)(H4,23,24,26). The van der Waals surface area contributed by atoms with Crippen LogP contribution in [0.3, 0.4) is 0 Å². The van der Waals surface area contributed by atoms with E-state index in [1.807, 2.05) is 18.2 Å². The van der Waals surface area contributed by atoms with Crippen LogP contribution in [0.25, 0.3) is 0 Å². The van der Waals surface area contributed by atoms with Crippen molar-refractivity contribution in [2.45, 2.75) is 57.7 Å². The number of rotatable bonds is 13. The number of amides is 2. The number of hydrogen-bond donors (Lipinski definition) is 5. The Labute approximate surface area is 184 Å². The van der Waals surface area contributed by atoms with Crippen molar-refractivity contribution in [1.29, 1.82) is 0 Å². The Hall–Kier alpha value is -2.59. The molecule has 170 valence electrons. The third kappa shape index (κ3) is 8.22. The van der Waals surface area contributed by atoms with Crippen LogP contribution in [0.1, 0.15) is 50.5 Å². The summed E-state index contributed by atoms with van der Waals surface area (Å²) in [5.74, 6) is -0.736. The highest BCUT2D eigenvalue weighted by atomic mass is 16.7. The number of carbonyl (C=O) groups excluding carboxylic acids is 2. The number of unbranched alkanes of at least 4 members (excludes halogenated alkanes) is 1. The Balaban J connectivity index is 1.73. The maximum absolute atomic E-state index is 12.8. The molecule has 7 N–H and O–H groups in total. The van der Waals surface area contributed by atoms with Crippen LogP contribution in [0.4, 0.5) is 0 Å². The van der Waals surface area contributed by atoms with Crippen molar-refractivity contribution in [3.8, 4) is 0 Å². The van der Waals surface area contributed by atoms with Gasteiger partial charge in [-0.3, -0.25) is 19.3 Å². The highest BCUT2D eigenvalue weighted by Crippen LogP contribution is 2.38. The number of nitrogens with two attached hydrogens (primary N) is 2. The SMILES string of the molecule is NC(N)=NCCCCB(O)ONC(=O)C1(C(=O)NCCCc2ccccc2)CCCC1. The van der Waals surface area contributed by atoms with Crippen LogP contribution in [0.5, 0.6) is 0 Å². The predicted molar refractivity (Wildman–Crippen MR) is 121 cm³/mol. The van der Waals surface area contributed by atoms with E-state index in [0.29, 0.717) is 45.1 Å². The van der Waals surface area contributed by atoms with E-state index in [1.54, 1.807) is 0 Å². The summed E-state index contributed by atoms with van der Waals surface area (Å²) in [5.41, 5.74) is 12.9. The molecule has 31 heavy (non-hydrogen) atoms. The zero-order valence-corrected chi connectivity index (χ0v) is 18.0. The minimum absolute atomic E-state index is 0.0317. The molecule has 1 saturated carbocycles. The second-order valence-corrected chi connectivity index (χ2v) is 7.94. The van der Waals surface area contributed by atoms with Crippen LogP contribution in [0, 0.1) is 5.41 Å². The second kappa shape index (κ2) is 13.0. The minimum Gasteiger partial charge on any atom is -0.426 e. The normalized spacial score (nSPS) is 14.6. The highest BCUT2D eigenvalue weighted by Gasteiger charge is 2.48. The molecule has 1 fully saturated rings. The Morgan fingerprint density at radius 1 is 1.10 bits per heavy atom. The lowest BCUT2D eigenvalue weighted by atomic mass is 9.82. The Bertz CT molecular complexity index is 722. The summed E-state index contributed by atoms with van der Waals surface area (Å²) in [7, 11) is -1.16. The summed E-state index contributed by atoms with van der Waals surface area (Å²) in [6.07, 6.45) is 5.84. The number of hydrogen-bond acceptors (Lipinski definition) is 5. The lowest BCUT2D eigenvalue weighted by Crippen LogP contribution is -2.51. The van der Waals surface area contributed by atoms with Crippen LogP contribution < -0.4 is 22.3 Å². The van der Waals surface area contributed by atoms with E-state index in [9.17, 15) is 14.6 Å². The van der Waals surface area contributed by atoms with Gasteiger partial charge in [0.25, 0.3) is 5.91 Å². The smallest absolute Gasteiger partial charge is 0.426 e. The van der Waals surface area contributed by atoms with Crippen molar-refractivity contribution in [3.05, 3.63) is 35.9 Å². The molecular weight excluding hydrogens is 397 g/mol. The summed E-state index contributed by atoms with van der Waals surface area (Å²) in [4.78, 5) is 29.5. The van der Waals surface area contributed by atoms with Crippen molar-refractivity contribution in [3.63, 3.8) is 0 Å². The topological polar surface area (TPSA) is 152 Å². The van der Waals surface area contributed by atoms with E-state index in [2.05, 4.69) is 27.9 Å².